The molecule has 0 saturated heterocycles. The largest absolute Gasteiger partial charge is 0.493 e. The number of nitrogens with one attached hydrogen (secondary N) is 1. The first-order chi connectivity index (χ1) is 10.2. The molecule has 0 aromatic heterocycles. The van der Waals surface area contributed by atoms with Gasteiger partial charge in [-0.25, -0.2) is 0 Å². The highest BCUT2D eigenvalue weighted by Crippen LogP contribution is 2.47. The van der Waals surface area contributed by atoms with Crippen LogP contribution >= 0.6 is 0 Å². The molecular weight excluding hydrogens is 270 g/mol. The lowest BCUT2D eigenvalue weighted by molar-refractivity contribution is 0.0911. The number of allylic oxidation sites excluding steroid dienone is 1. The number of hydrogen-bond donors (Lipinski definition) is 1. The van der Waals surface area contributed by atoms with Crippen molar-refractivity contribution in [3.05, 3.63) is 29.3 Å². The molecule has 0 unspecified atom stereocenters. The lowest BCUT2D eigenvalue weighted by atomic mass is 9.79. The van der Waals surface area contributed by atoms with Gasteiger partial charge in [-0.1, -0.05) is 12.2 Å². The number of amides is 1. The highest BCUT2D eigenvalue weighted by atomic mass is 16.5. The van der Waals surface area contributed by atoms with Crippen LogP contribution in [0.4, 0.5) is 0 Å². The molecule has 1 N–H and O–H groups in total. The Morgan fingerprint density at radius 1 is 1.14 bits per heavy atom. The summed E-state index contributed by atoms with van der Waals surface area (Å²) in [6.07, 6.45) is 6.24. The second-order valence-corrected chi connectivity index (χ2v) is 5.22. The van der Waals surface area contributed by atoms with E-state index in [1.54, 1.807) is 7.11 Å². The molecule has 21 heavy (non-hydrogen) atoms. The summed E-state index contributed by atoms with van der Waals surface area (Å²) >= 11 is 0. The van der Waals surface area contributed by atoms with E-state index in [0.717, 1.165) is 18.4 Å². The molecular formula is C16H19NO4. The molecule has 0 fully saturated rings. The van der Waals surface area contributed by atoms with Crippen molar-refractivity contribution in [3.8, 4) is 17.2 Å². The Kier molecular flexibility index (Phi) is 3.49. The van der Waals surface area contributed by atoms with Crippen LogP contribution in [-0.2, 0) is 0 Å². The molecule has 3 rings (SSSR count). The average molecular weight is 289 g/mol. The number of hydrogen-bond acceptors (Lipinski definition) is 4. The van der Waals surface area contributed by atoms with Crippen molar-refractivity contribution in [1.82, 2.24) is 5.32 Å². The van der Waals surface area contributed by atoms with Gasteiger partial charge >= 0.3 is 0 Å². The first-order valence-corrected chi connectivity index (χ1v) is 7.01. The quantitative estimate of drug-likeness (QED) is 0.867. The molecule has 0 bridgehead atoms. The highest BCUT2D eigenvalue weighted by molar-refractivity contribution is 6.01. The number of methoxy groups -OCH3 is 3. The van der Waals surface area contributed by atoms with Crippen LogP contribution in [0.3, 0.4) is 0 Å². The van der Waals surface area contributed by atoms with Gasteiger partial charge in [0, 0.05) is 12.0 Å². The minimum atomic E-state index is -0.112. The first-order valence-electron chi connectivity index (χ1n) is 7.01. The van der Waals surface area contributed by atoms with Crippen LogP contribution < -0.4 is 19.5 Å². The summed E-state index contributed by atoms with van der Waals surface area (Å²) in [5.74, 6) is 1.51. The minimum Gasteiger partial charge on any atom is -0.493 e. The van der Waals surface area contributed by atoms with Gasteiger partial charge in [0.05, 0.1) is 26.9 Å². The first kappa shape index (κ1) is 13.8. The molecule has 0 radical (unpaired) electrons. The van der Waals surface area contributed by atoms with Crippen molar-refractivity contribution in [2.45, 2.75) is 24.8 Å². The fraction of sp³-hybridized carbons (Fsp3) is 0.438. The molecule has 1 heterocycles. The fourth-order valence-electron chi connectivity index (χ4n) is 3.23. The van der Waals surface area contributed by atoms with E-state index < -0.39 is 0 Å². The average Bonchev–Trinajstić information content (AvgIpc) is 2.52. The summed E-state index contributed by atoms with van der Waals surface area (Å²) in [5.41, 5.74) is 1.48. The standard InChI is InChI=1S/C16H19NO4/c1-19-12-8-10-9-6-4-5-7-11(9)17-16(18)13(10)15(21-3)14(12)20-2/h4,6,8-9,11H,5,7H2,1-3H3,(H,17,18)/t9-,11+/m0/s1. The van der Waals surface area contributed by atoms with Crippen LogP contribution in [0.2, 0.25) is 0 Å². The summed E-state index contributed by atoms with van der Waals surface area (Å²) < 4.78 is 16.2. The second kappa shape index (κ2) is 5.31. The maximum Gasteiger partial charge on any atom is 0.255 e. The summed E-state index contributed by atoms with van der Waals surface area (Å²) in [5, 5.41) is 3.07. The number of benzene rings is 1. The number of ether oxygens (including phenoxy) is 3. The molecule has 112 valence electrons. The van der Waals surface area contributed by atoms with Gasteiger partial charge in [0.2, 0.25) is 5.75 Å². The van der Waals surface area contributed by atoms with Crippen molar-refractivity contribution in [2.75, 3.05) is 21.3 Å². The zero-order valence-corrected chi connectivity index (χ0v) is 12.4. The Hall–Kier alpha value is -2.17. The lowest BCUT2D eigenvalue weighted by Gasteiger charge is -2.35. The molecule has 1 aliphatic heterocycles. The predicted molar refractivity (Wildman–Crippen MR) is 78.5 cm³/mol. The minimum absolute atomic E-state index is 0.112. The molecule has 1 aromatic carbocycles. The lowest BCUT2D eigenvalue weighted by Crippen LogP contribution is -2.44. The zero-order valence-electron chi connectivity index (χ0n) is 12.4. The van der Waals surface area contributed by atoms with Crippen molar-refractivity contribution in [3.63, 3.8) is 0 Å². The van der Waals surface area contributed by atoms with Gasteiger partial charge in [0.25, 0.3) is 5.91 Å². The van der Waals surface area contributed by atoms with Crippen LogP contribution in [0.15, 0.2) is 18.2 Å². The second-order valence-electron chi connectivity index (χ2n) is 5.22. The Balaban J connectivity index is 2.26. The van der Waals surface area contributed by atoms with Crippen LogP contribution in [0.5, 0.6) is 17.2 Å². The van der Waals surface area contributed by atoms with Gasteiger partial charge in [-0.05, 0) is 24.5 Å². The number of carbonyl (C=O) groups excluding carboxylic acids is 1. The Morgan fingerprint density at radius 2 is 1.90 bits per heavy atom. The predicted octanol–water partition coefficient (Wildman–Crippen LogP) is 2.26. The van der Waals surface area contributed by atoms with E-state index in [4.69, 9.17) is 14.2 Å². The van der Waals surface area contributed by atoms with Crippen molar-refractivity contribution in [1.29, 1.82) is 0 Å². The van der Waals surface area contributed by atoms with Gasteiger partial charge in [0.1, 0.15) is 0 Å². The maximum absolute atomic E-state index is 12.5. The van der Waals surface area contributed by atoms with Crippen LogP contribution in [0.1, 0.15) is 34.7 Å². The number of rotatable bonds is 3. The Morgan fingerprint density at radius 3 is 2.57 bits per heavy atom. The molecule has 1 amide bonds. The molecule has 5 nitrogen and oxygen atoms in total. The highest BCUT2D eigenvalue weighted by Gasteiger charge is 2.37. The molecule has 2 atom stereocenters. The molecule has 0 spiro atoms. The third-order valence-corrected chi connectivity index (χ3v) is 4.18. The SMILES string of the molecule is COc1cc2c(c(OC)c1OC)C(=O)N[C@@H]1CCC=C[C@@H]21. The van der Waals surface area contributed by atoms with Gasteiger partial charge in [-0.2, -0.15) is 0 Å². The van der Waals surface area contributed by atoms with Crippen molar-refractivity contribution in [2.24, 2.45) is 0 Å². The van der Waals surface area contributed by atoms with Crippen molar-refractivity contribution < 1.29 is 19.0 Å². The summed E-state index contributed by atoms with van der Waals surface area (Å²) in [4.78, 5) is 12.5. The topological polar surface area (TPSA) is 56.8 Å². The summed E-state index contributed by atoms with van der Waals surface area (Å²) in [6, 6.07) is 2.03. The third-order valence-electron chi connectivity index (χ3n) is 4.18. The van der Waals surface area contributed by atoms with E-state index in [9.17, 15) is 4.79 Å². The Bertz CT molecular complexity index is 609. The molecule has 2 aliphatic rings. The molecule has 1 aliphatic carbocycles. The van der Waals surface area contributed by atoms with E-state index in [1.807, 2.05) is 6.07 Å². The third kappa shape index (κ3) is 2.04. The molecule has 5 heteroatoms. The van der Waals surface area contributed by atoms with E-state index in [0.29, 0.717) is 22.8 Å². The van der Waals surface area contributed by atoms with Crippen molar-refractivity contribution >= 4 is 5.91 Å². The maximum atomic E-state index is 12.5. The van der Waals surface area contributed by atoms with E-state index >= 15 is 0 Å². The smallest absolute Gasteiger partial charge is 0.255 e. The fourth-order valence-corrected chi connectivity index (χ4v) is 3.23. The van der Waals surface area contributed by atoms with Gasteiger partial charge in [-0.3, -0.25) is 4.79 Å². The molecule has 1 aromatic rings. The number of carbonyl (C=O) groups is 1. The number of fused-ring (bicyclic) bond motifs is 3. The van der Waals surface area contributed by atoms with E-state index in [2.05, 4.69) is 17.5 Å². The van der Waals surface area contributed by atoms with E-state index in [1.165, 1.54) is 14.2 Å². The van der Waals surface area contributed by atoms with Crippen LogP contribution in [0.25, 0.3) is 0 Å². The van der Waals surface area contributed by atoms with Gasteiger partial charge < -0.3 is 19.5 Å². The normalized spacial score (nSPS) is 22.9. The van der Waals surface area contributed by atoms with Gasteiger partial charge in [-0.15, -0.1) is 0 Å². The molecule has 0 saturated carbocycles. The summed E-state index contributed by atoms with van der Waals surface area (Å²) in [6.45, 7) is 0. The van der Waals surface area contributed by atoms with Crippen LogP contribution in [0, 0.1) is 0 Å². The van der Waals surface area contributed by atoms with Crippen LogP contribution in [-0.4, -0.2) is 33.3 Å². The summed E-state index contributed by atoms with van der Waals surface area (Å²) in [7, 11) is 4.66. The van der Waals surface area contributed by atoms with E-state index in [-0.39, 0.29) is 17.9 Å². The zero-order chi connectivity index (χ0) is 15.0. The van der Waals surface area contributed by atoms with Gasteiger partial charge in [0.15, 0.2) is 11.5 Å². The monoisotopic (exact) mass is 289 g/mol. The Labute approximate surface area is 123 Å².